The van der Waals surface area contributed by atoms with Crippen LogP contribution < -0.4 is 16.7 Å². The van der Waals surface area contributed by atoms with E-state index in [-0.39, 0.29) is 23.7 Å². The average molecular weight is 438 g/mol. The molecule has 1 aromatic carbocycles. The number of carbonyl (C=O) groups is 1. The molecule has 0 aliphatic heterocycles. The van der Waals surface area contributed by atoms with Crippen molar-refractivity contribution in [2.24, 2.45) is 0 Å². The van der Waals surface area contributed by atoms with Crippen LogP contribution in [0.5, 0.6) is 0 Å². The maximum atomic E-state index is 13.3. The Hall–Kier alpha value is -2.84. The molecule has 7 nitrogen and oxygen atoms in total. The maximum Gasteiger partial charge on any atom is 0.328 e. The minimum Gasteiger partial charge on any atom is -0.396 e. The molecule has 0 saturated carbocycles. The Morgan fingerprint density at radius 1 is 1.28 bits per heavy atom. The molecule has 3 aromatic rings. The van der Waals surface area contributed by atoms with Gasteiger partial charge in [0, 0.05) is 34.9 Å². The van der Waals surface area contributed by atoms with Gasteiger partial charge in [0.15, 0.2) is 5.82 Å². The summed E-state index contributed by atoms with van der Waals surface area (Å²) in [7, 11) is 0. The molecule has 0 atom stereocenters. The Balaban J connectivity index is 1.82. The number of imidazole rings is 1. The zero-order valence-corrected chi connectivity index (χ0v) is 17.0. The summed E-state index contributed by atoms with van der Waals surface area (Å²) >= 11 is 12.2. The fraction of sp³-hybridized carbons (Fsp3) is 0.211. The minimum atomic E-state index is -0.772. The lowest BCUT2D eigenvalue weighted by molar-refractivity contribution is -0.116. The van der Waals surface area contributed by atoms with Crippen molar-refractivity contribution in [2.45, 2.75) is 26.4 Å². The van der Waals surface area contributed by atoms with Crippen molar-refractivity contribution in [3.8, 4) is 0 Å². The number of rotatable bonds is 6. The second-order valence-corrected chi connectivity index (χ2v) is 7.15. The van der Waals surface area contributed by atoms with Gasteiger partial charge in [-0.25, -0.2) is 4.79 Å². The van der Waals surface area contributed by atoms with E-state index in [4.69, 9.17) is 28.9 Å². The van der Waals surface area contributed by atoms with Crippen LogP contribution in [0.2, 0.25) is 10.0 Å². The van der Waals surface area contributed by atoms with Gasteiger partial charge in [-0.15, -0.1) is 0 Å². The number of hydrogen-bond donors (Lipinski definition) is 2. The SMILES string of the molecule is CCn1c(Cc2ccc(Cl)cc2Cl)cn(CC(=O)Nc2nc(F)ccc2N)c1=O. The number of halogens is 3. The maximum absolute atomic E-state index is 13.3. The molecule has 2 aromatic heterocycles. The van der Waals surface area contributed by atoms with Crippen LogP contribution in [0.15, 0.2) is 41.3 Å². The van der Waals surface area contributed by atoms with E-state index in [1.54, 1.807) is 29.0 Å². The average Bonchev–Trinajstić information content (AvgIpc) is 2.95. The lowest BCUT2D eigenvalue weighted by Crippen LogP contribution is -2.29. The monoisotopic (exact) mass is 437 g/mol. The number of nitrogens with two attached hydrogens (primary N) is 1. The van der Waals surface area contributed by atoms with Gasteiger partial charge in [-0.1, -0.05) is 29.3 Å². The Morgan fingerprint density at radius 2 is 2.03 bits per heavy atom. The number of nitrogen functional groups attached to an aromatic ring is 1. The van der Waals surface area contributed by atoms with Crippen molar-refractivity contribution >= 4 is 40.6 Å². The molecule has 0 bridgehead atoms. The number of pyridine rings is 1. The number of aromatic nitrogens is 3. The molecular formula is C19H18Cl2FN5O2. The molecule has 152 valence electrons. The van der Waals surface area contributed by atoms with Gasteiger partial charge in [0.2, 0.25) is 11.9 Å². The molecule has 0 fully saturated rings. The minimum absolute atomic E-state index is 0.0915. The summed E-state index contributed by atoms with van der Waals surface area (Å²) in [6.45, 7) is 1.98. The van der Waals surface area contributed by atoms with Gasteiger partial charge in [0.1, 0.15) is 6.54 Å². The predicted octanol–water partition coefficient (Wildman–Crippen LogP) is 3.32. The van der Waals surface area contributed by atoms with Crippen molar-refractivity contribution < 1.29 is 9.18 Å². The molecule has 0 saturated heterocycles. The van der Waals surface area contributed by atoms with Gasteiger partial charge in [-0.05, 0) is 36.8 Å². The second-order valence-electron chi connectivity index (χ2n) is 6.31. The van der Waals surface area contributed by atoms with Gasteiger partial charge in [0.25, 0.3) is 0 Å². The van der Waals surface area contributed by atoms with Gasteiger partial charge in [-0.3, -0.25) is 13.9 Å². The number of carbonyl (C=O) groups excluding carboxylic acids is 1. The molecule has 29 heavy (non-hydrogen) atoms. The highest BCUT2D eigenvalue weighted by molar-refractivity contribution is 6.35. The number of amides is 1. The van der Waals surface area contributed by atoms with E-state index in [1.807, 2.05) is 6.92 Å². The Kier molecular flexibility index (Phi) is 6.24. The molecule has 10 heteroatoms. The Bertz CT molecular complexity index is 1130. The van der Waals surface area contributed by atoms with E-state index in [1.165, 1.54) is 10.6 Å². The largest absolute Gasteiger partial charge is 0.396 e. The summed E-state index contributed by atoms with van der Waals surface area (Å²) in [4.78, 5) is 28.5. The Labute approximate surface area is 175 Å². The zero-order chi connectivity index (χ0) is 21.1. The summed E-state index contributed by atoms with van der Waals surface area (Å²) in [6.07, 6.45) is 1.99. The molecular weight excluding hydrogens is 420 g/mol. The molecule has 1 amide bonds. The number of hydrogen-bond acceptors (Lipinski definition) is 4. The fourth-order valence-corrected chi connectivity index (χ4v) is 3.38. The normalized spacial score (nSPS) is 10.9. The Morgan fingerprint density at radius 3 is 2.72 bits per heavy atom. The van der Waals surface area contributed by atoms with Crippen molar-refractivity contribution in [2.75, 3.05) is 11.1 Å². The summed E-state index contributed by atoms with van der Waals surface area (Å²) in [5.41, 5.74) is 6.96. The topological polar surface area (TPSA) is 94.9 Å². The van der Waals surface area contributed by atoms with Crippen LogP contribution in [0.25, 0.3) is 0 Å². The van der Waals surface area contributed by atoms with Crippen LogP contribution in [0.4, 0.5) is 15.9 Å². The first kappa shape index (κ1) is 20.9. The van der Waals surface area contributed by atoms with Crippen LogP contribution in [-0.4, -0.2) is 20.0 Å². The summed E-state index contributed by atoms with van der Waals surface area (Å²) < 4.78 is 16.1. The third-order valence-electron chi connectivity index (χ3n) is 4.30. The third kappa shape index (κ3) is 4.78. The standard InChI is InChI=1S/C19H18Cl2FN5O2/c1-2-27-13(7-11-3-4-12(20)8-14(11)21)9-26(19(27)29)10-17(28)25-18-15(23)5-6-16(22)24-18/h3-6,8-9H,2,7,10,23H2,1H3,(H,24,25,28). The smallest absolute Gasteiger partial charge is 0.328 e. The van der Waals surface area contributed by atoms with Gasteiger partial charge in [-0.2, -0.15) is 9.37 Å². The van der Waals surface area contributed by atoms with Crippen LogP contribution in [0.3, 0.4) is 0 Å². The highest BCUT2D eigenvalue weighted by atomic mass is 35.5. The number of nitrogens with one attached hydrogen (secondary N) is 1. The molecule has 0 aliphatic rings. The highest BCUT2D eigenvalue weighted by Gasteiger charge is 2.15. The first-order valence-electron chi connectivity index (χ1n) is 8.73. The fourth-order valence-electron chi connectivity index (χ4n) is 2.91. The number of nitrogens with zero attached hydrogens (tertiary/aromatic N) is 3. The molecule has 3 rings (SSSR count). The van der Waals surface area contributed by atoms with Crippen molar-refractivity contribution in [1.29, 1.82) is 0 Å². The first-order valence-corrected chi connectivity index (χ1v) is 9.48. The first-order chi connectivity index (χ1) is 13.8. The van der Waals surface area contributed by atoms with E-state index in [2.05, 4.69) is 10.3 Å². The van der Waals surface area contributed by atoms with E-state index < -0.39 is 11.9 Å². The molecule has 2 heterocycles. The zero-order valence-electron chi connectivity index (χ0n) is 15.5. The van der Waals surface area contributed by atoms with Gasteiger partial charge < -0.3 is 11.1 Å². The molecule has 0 radical (unpaired) electrons. The molecule has 0 unspecified atom stereocenters. The summed E-state index contributed by atoms with van der Waals surface area (Å²) in [6, 6.07) is 7.53. The number of benzene rings is 1. The van der Waals surface area contributed by atoms with E-state index >= 15 is 0 Å². The predicted molar refractivity (Wildman–Crippen MR) is 111 cm³/mol. The molecule has 3 N–H and O–H groups in total. The molecule has 0 aliphatic carbocycles. The summed E-state index contributed by atoms with van der Waals surface area (Å²) in [5, 5.41) is 3.43. The van der Waals surface area contributed by atoms with Crippen molar-refractivity contribution in [1.82, 2.24) is 14.1 Å². The van der Waals surface area contributed by atoms with Gasteiger partial charge in [0.05, 0.1) is 5.69 Å². The van der Waals surface area contributed by atoms with Crippen molar-refractivity contribution in [3.63, 3.8) is 0 Å². The third-order valence-corrected chi connectivity index (χ3v) is 4.88. The molecule has 0 spiro atoms. The van der Waals surface area contributed by atoms with E-state index in [0.29, 0.717) is 28.7 Å². The van der Waals surface area contributed by atoms with Crippen LogP contribution in [0.1, 0.15) is 18.2 Å². The lowest BCUT2D eigenvalue weighted by Gasteiger charge is -2.07. The van der Waals surface area contributed by atoms with Gasteiger partial charge >= 0.3 is 5.69 Å². The van der Waals surface area contributed by atoms with Crippen LogP contribution in [0, 0.1) is 5.95 Å². The van der Waals surface area contributed by atoms with E-state index in [0.717, 1.165) is 11.6 Å². The van der Waals surface area contributed by atoms with Crippen molar-refractivity contribution in [3.05, 3.63) is 74.3 Å². The second kappa shape index (κ2) is 8.67. The van der Waals surface area contributed by atoms with Crippen LogP contribution in [-0.2, 0) is 24.3 Å². The lowest BCUT2D eigenvalue weighted by atomic mass is 10.1. The quantitative estimate of drug-likeness (QED) is 0.578. The van der Waals surface area contributed by atoms with Crippen LogP contribution >= 0.6 is 23.2 Å². The highest BCUT2D eigenvalue weighted by Crippen LogP contribution is 2.23. The van der Waals surface area contributed by atoms with E-state index in [9.17, 15) is 14.0 Å². The summed E-state index contributed by atoms with van der Waals surface area (Å²) in [5.74, 6) is -1.42. The number of anilines is 2.